The number of nitrogens with one attached hydrogen (secondary N) is 1. The van der Waals surface area contributed by atoms with Gasteiger partial charge in [0, 0.05) is 41.6 Å². The monoisotopic (exact) mass is 324 g/mol. The average Bonchev–Trinajstić information content (AvgIpc) is 2.39. The molecule has 0 spiro atoms. The van der Waals surface area contributed by atoms with E-state index in [0.717, 1.165) is 0 Å². The summed E-state index contributed by atoms with van der Waals surface area (Å²) >= 11 is 5.86. The Morgan fingerprint density at radius 3 is 2.58 bits per heavy atom. The summed E-state index contributed by atoms with van der Waals surface area (Å²) < 4.78 is 37.2. The van der Waals surface area contributed by atoms with Crippen molar-refractivity contribution in [3.8, 4) is 0 Å². The molecule has 106 valence electrons. The summed E-state index contributed by atoms with van der Waals surface area (Å²) in [6, 6.07) is 1.30. The molecule has 0 radical (unpaired) electrons. The molecule has 0 amide bonds. The lowest BCUT2D eigenvalue weighted by molar-refractivity contribution is 0.438. The van der Waals surface area contributed by atoms with Gasteiger partial charge in [-0.15, -0.1) is 0 Å². The van der Waals surface area contributed by atoms with Gasteiger partial charge in [0.25, 0.3) is 0 Å². The van der Waals surface area contributed by atoms with Crippen LogP contribution in [0.5, 0.6) is 0 Å². The highest BCUT2D eigenvalue weighted by atomic mass is 35.5. The van der Waals surface area contributed by atoms with Crippen LogP contribution in [-0.2, 0) is 20.8 Å². The minimum absolute atomic E-state index is 0.00387. The Hall–Kier alpha value is -0.740. The second kappa shape index (κ2) is 5.71. The third-order valence-corrected chi connectivity index (χ3v) is 6.16. The van der Waals surface area contributed by atoms with Gasteiger partial charge in [0.2, 0.25) is 10.0 Å². The van der Waals surface area contributed by atoms with Gasteiger partial charge in [0.05, 0.1) is 5.02 Å². The van der Waals surface area contributed by atoms with Gasteiger partial charge in [-0.3, -0.25) is 4.21 Å². The molecule has 1 aromatic heterocycles. The maximum absolute atomic E-state index is 12.3. The topological polar surface area (TPSA) is 105 Å². The van der Waals surface area contributed by atoms with Crippen molar-refractivity contribution in [2.24, 2.45) is 5.84 Å². The van der Waals surface area contributed by atoms with Gasteiger partial charge in [0.1, 0.15) is 4.90 Å². The molecule has 0 saturated carbocycles. The van der Waals surface area contributed by atoms with Crippen molar-refractivity contribution in [2.45, 2.75) is 4.90 Å². The summed E-state index contributed by atoms with van der Waals surface area (Å²) in [5.74, 6) is 6.09. The molecule has 1 saturated heterocycles. The maximum Gasteiger partial charge on any atom is 0.244 e. The molecule has 1 fully saturated rings. The van der Waals surface area contributed by atoms with E-state index in [-0.39, 0.29) is 28.8 Å². The lowest BCUT2D eigenvalue weighted by Crippen LogP contribution is -2.41. The number of aromatic nitrogens is 1. The number of rotatable bonds is 3. The Labute approximate surface area is 118 Å². The number of hydrogen-bond donors (Lipinski definition) is 2. The van der Waals surface area contributed by atoms with Gasteiger partial charge in [-0.25, -0.2) is 19.2 Å². The van der Waals surface area contributed by atoms with Gasteiger partial charge in [-0.1, -0.05) is 11.6 Å². The number of anilines is 1. The van der Waals surface area contributed by atoms with Gasteiger partial charge < -0.3 is 5.43 Å². The van der Waals surface area contributed by atoms with Crippen LogP contribution in [0.15, 0.2) is 17.2 Å². The van der Waals surface area contributed by atoms with Crippen LogP contribution >= 0.6 is 11.6 Å². The van der Waals surface area contributed by atoms with Crippen LogP contribution < -0.4 is 11.3 Å². The van der Waals surface area contributed by atoms with E-state index in [2.05, 4.69) is 10.4 Å². The predicted molar refractivity (Wildman–Crippen MR) is 73.7 cm³/mol. The summed E-state index contributed by atoms with van der Waals surface area (Å²) in [4.78, 5) is 3.84. The first kappa shape index (κ1) is 14.7. The molecule has 0 aromatic carbocycles. The fraction of sp³-hybridized carbons (Fsp3) is 0.444. The second-order valence-electron chi connectivity index (χ2n) is 3.90. The lowest BCUT2D eigenvalue weighted by atomic mass is 10.5. The number of nitrogens with two attached hydrogens (primary N) is 1. The molecule has 7 nitrogen and oxygen atoms in total. The molecule has 1 aliphatic rings. The molecule has 0 atom stereocenters. The number of pyridine rings is 1. The number of hydrazine groups is 1. The van der Waals surface area contributed by atoms with Gasteiger partial charge in [0.15, 0.2) is 5.82 Å². The van der Waals surface area contributed by atoms with E-state index >= 15 is 0 Å². The molecule has 0 bridgehead atoms. The van der Waals surface area contributed by atoms with Crippen LogP contribution in [0.25, 0.3) is 0 Å². The van der Waals surface area contributed by atoms with Crippen LogP contribution in [0.4, 0.5) is 5.82 Å². The first-order chi connectivity index (χ1) is 8.95. The highest BCUT2D eigenvalue weighted by Gasteiger charge is 2.28. The van der Waals surface area contributed by atoms with Crippen molar-refractivity contribution in [3.05, 3.63) is 17.3 Å². The largest absolute Gasteiger partial charge is 0.307 e. The first-order valence-electron chi connectivity index (χ1n) is 5.42. The molecule has 1 aliphatic heterocycles. The maximum atomic E-state index is 12.3. The number of halogens is 1. The summed E-state index contributed by atoms with van der Waals surface area (Å²) in [5.41, 5.74) is 2.27. The summed E-state index contributed by atoms with van der Waals surface area (Å²) in [6.07, 6.45) is 1.20. The Morgan fingerprint density at radius 1 is 1.42 bits per heavy atom. The number of hydrogen-bond acceptors (Lipinski definition) is 6. The zero-order valence-corrected chi connectivity index (χ0v) is 12.3. The molecule has 1 aromatic rings. The van der Waals surface area contributed by atoms with Gasteiger partial charge in [-0.2, -0.15) is 4.31 Å². The van der Waals surface area contributed by atoms with Crippen LogP contribution in [0.1, 0.15) is 0 Å². The zero-order chi connectivity index (χ0) is 14.0. The predicted octanol–water partition coefficient (Wildman–Crippen LogP) is -0.226. The van der Waals surface area contributed by atoms with Crippen molar-refractivity contribution < 1.29 is 12.6 Å². The molecular formula is C9H13ClN4O3S2. The van der Waals surface area contributed by atoms with Crippen molar-refractivity contribution in [2.75, 3.05) is 30.0 Å². The highest BCUT2D eigenvalue weighted by Crippen LogP contribution is 2.24. The van der Waals surface area contributed by atoms with Crippen molar-refractivity contribution >= 4 is 38.2 Å². The standard InChI is InChI=1S/C9H13ClN4O3S2/c10-8-5-7(6-12-9(8)13-11)19(16,17)14-1-3-18(15)4-2-14/h5-6H,1-4,11H2,(H,12,13). The van der Waals surface area contributed by atoms with Crippen molar-refractivity contribution in [3.63, 3.8) is 0 Å². The number of sulfonamides is 1. The van der Waals surface area contributed by atoms with E-state index < -0.39 is 20.8 Å². The van der Waals surface area contributed by atoms with E-state index in [4.69, 9.17) is 17.4 Å². The molecule has 0 unspecified atom stereocenters. The number of nitrogens with zero attached hydrogens (tertiary/aromatic N) is 2. The van der Waals surface area contributed by atoms with E-state index in [9.17, 15) is 12.6 Å². The fourth-order valence-electron chi connectivity index (χ4n) is 1.68. The van der Waals surface area contributed by atoms with E-state index in [1.54, 1.807) is 0 Å². The van der Waals surface area contributed by atoms with Gasteiger partial charge in [-0.05, 0) is 6.07 Å². The molecule has 2 heterocycles. The summed E-state index contributed by atoms with van der Waals surface area (Å²) in [5, 5.41) is 0.129. The van der Waals surface area contributed by atoms with Gasteiger partial charge >= 0.3 is 0 Å². The Balaban J connectivity index is 2.29. The van der Waals surface area contributed by atoms with Crippen LogP contribution in [0.3, 0.4) is 0 Å². The third-order valence-electron chi connectivity index (χ3n) is 2.73. The zero-order valence-electron chi connectivity index (χ0n) is 9.87. The summed E-state index contributed by atoms with van der Waals surface area (Å²) in [6.45, 7) is 0.479. The second-order valence-corrected chi connectivity index (χ2v) is 7.94. The highest BCUT2D eigenvalue weighted by molar-refractivity contribution is 7.89. The molecule has 3 N–H and O–H groups in total. The molecule has 2 rings (SSSR count). The normalized spacial score (nSPS) is 18.4. The van der Waals surface area contributed by atoms with Crippen LogP contribution in [-0.4, -0.2) is 46.5 Å². The van der Waals surface area contributed by atoms with Crippen molar-refractivity contribution in [1.82, 2.24) is 9.29 Å². The minimum Gasteiger partial charge on any atom is -0.307 e. The quantitative estimate of drug-likeness (QED) is 0.588. The average molecular weight is 325 g/mol. The Kier molecular flexibility index (Phi) is 4.41. The van der Waals surface area contributed by atoms with E-state index in [1.807, 2.05) is 0 Å². The molecule has 0 aliphatic carbocycles. The molecule has 19 heavy (non-hydrogen) atoms. The fourth-order valence-corrected chi connectivity index (χ4v) is 4.66. The smallest absolute Gasteiger partial charge is 0.244 e. The molecule has 10 heteroatoms. The van der Waals surface area contributed by atoms with Crippen LogP contribution in [0, 0.1) is 0 Å². The minimum atomic E-state index is -3.65. The van der Waals surface area contributed by atoms with E-state index in [0.29, 0.717) is 11.5 Å². The Bertz CT molecular complexity index is 597. The lowest BCUT2D eigenvalue weighted by Gasteiger charge is -2.25. The van der Waals surface area contributed by atoms with Crippen LogP contribution in [0.2, 0.25) is 5.02 Å². The van der Waals surface area contributed by atoms with E-state index in [1.165, 1.54) is 16.6 Å². The third kappa shape index (κ3) is 3.06. The van der Waals surface area contributed by atoms with Crippen molar-refractivity contribution in [1.29, 1.82) is 0 Å². The Morgan fingerprint density at radius 2 is 2.05 bits per heavy atom. The summed E-state index contributed by atoms with van der Waals surface area (Å²) in [7, 11) is -4.59. The molecular weight excluding hydrogens is 312 g/mol. The SMILES string of the molecule is NNc1ncc(S(=O)(=O)N2CCS(=O)CC2)cc1Cl. The number of nitrogen functional groups attached to an aromatic ring is 1. The first-order valence-corrected chi connectivity index (χ1v) is 8.73.